The molecule has 3 heteroatoms. The molecular weight excluding hydrogens is 238 g/mol. The minimum atomic E-state index is -0.150. The highest BCUT2D eigenvalue weighted by Crippen LogP contribution is 2.23. The highest BCUT2D eigenvalue weighted by Gasteiger charge is 2.21. The van der Waals surface area contributed by atoms with E-state index in [1.165, 1.54) is 19.3 Å². The second-order valence-corrected chi connectivity index (χ2v) is 5.05. The zero-order valence-corrected chi connectivity index (χ0v) is 11.5. The van der Waals surface area contributed by atoms with E-state index in [2.05, 4.69) is 6.58 Å². The first kappa shape index (κ1) is 13.8. The maximum absolute atomic E-state index is 12.1. The van der Waals surface area contributed by atoms with Crippen molar-refractivity contribution in [2.75, 3.05) is 7.05 Å². The molecule has 3 nitrogen and oxygen atoms in total. The number of hydrogen-bond acceptors (Lipinski definition) is 3. The maximum atomic E-state index is 12.1. The summed E-state index contributed by atoms with van der Waals surface area (Å²) in [5.41, 5.74) is 0.615. The third-order valence-corrected chi connectivity index (χ3v) is 3.63. The van der Waals surface area contributed by atoms with Crippen molar-refractivity contribution in [1.82, 2.24) is 5.06 Å². The summed E-state index contributed by atoms with van der Waals surface area (Å²) >= 11 is 0. The zero-order chi connectivity index (χ0) is 13.7. The van der Waals surface area contributed by atoms with E-state index in [-0.39, 0.29) is 11.5 Å². The number of carbonyl (C=O) groups is 1. The van der Waals surface area contributed by atoms with E-state index in [4.69, 9.17) is 4.84 Å². The van der Waals surface area contributed by atoms with Crippen LogP contribution in [0, 0.1) is 0 Å². The Labute approximate surface area is 114 Å². The van der Waals surface area contributed by atoms with Crippen LogP contribution in [0.15, 0.2) is 42.7 Å². The van der Waals surface area contributed by atoms with Crippen LogP contribution >= 0.6 is 0 Å². The zero-order valence-electron chi connectivity index (χ0n) is 11.5. The molecule has 0 radical (unpaired) electrons. The van der Waals surface area contributed by atoms with Crippen LogP contribution in [0.4, 0.5) is 0 Å². The van der Waals surface area contributed by atoms with Crippen molar-refractivity contribution >= 4 is 5.78 Å². The van der Waals surface area contributed by atoms with Gasteiger partial charge in [-0.2, -0.15) is 0 Å². The minimum absolute atomic E-state index is 0.150. The van der Waals surface area contributed by atoms with Crippen LogP contribution in [0.25, 0.3) is 0 Å². The van der Waals surface area contributed by atoms with E-state index < -0.39 is 0 Å². The fraction of sp³-hybridized carbons (Fsp3) is 0.438. The average Bonchev–Trinajstić information content (AvgIpc) is 2.48. The molecule has 19 heavy (non-hydrogen) atoms. The number of carbonyl (C=O) groups excluding carboxylic acids is 1. The average molecular weight is 259 g/mol. The van der Waals surface area contributed by atoms with Gasteiger partial charge in [-0.25, -0.2) is 0 Å². The normalized spacial score (nSPS) is 16.3. The van der Waals surface area contributed by atoms with Gasteiger partial charge in [0.05, 0.1) is 0 Å². The van der Waals surface area contributed by atoms with Gasteiger partial charge < -0.3 is 4.84 Å². The van der Waals surface area contributed by atoms with Gasteiger partial charge in [-0.3, -0.25) is 4.79 Å². The van der Waals surface area contributed by atoms with Crippen molar-refractivity contribution in [1.29, 1.82) is 0 Å². The van der Waals surface area contributed by atoms with Gasteiger partial charge in [-0.1, -0.05) is 49.6 Å². The Morgan fingerprint density at radius 3 is 2.47 bits per heavy atom. The van der Waals surface area contributed by atoms with Gasteiger partial charge in [0.1, 0.15) is 0 Å². The number of hydrogen-bond donors (Lipinski definition) is 0. The van der Waals surface area contributed by atoms with Gasteiger partial charge >= 0.3 is 0 Å². The Bertz CT molecular complexity index is 435. The molecular formula is C16H21NO2. The monoisotopic (exact) mass is 259 g/mol. The number of rotatable bonds is 5. The molecule has 1 saturated carbocycles. The first-order valence-electron chi connectivity index (χ1n) is 6.88. The summed E-state index contributed by atoms with van der Waals surface area (Å²) in [5.74, 6) is 0.0440. The first-order valence-corrected chi connectivity index (χ1v) is 6.88. The Kier molecular flexibility index (Phi) is 4.74. The van der Waals surface area contributed by atoms with E-state index in [1.807, 2.05) is 25.2 Å². The Hall–Kier alpha value is -1.61. The highest BCUT2D eigenvalue weighted by molar-refractivity contribution is 6.06. The van der Waals surface area contributed by atoms with Gasteiger partial charge in [0, 0.05) is 18.7 Å². The molecule has 0 amide bonds. The molecule has 0 aliphatic heterocycles. The number of benzene rings is 1. The Morgan fingerprint density at radius 2 is 1.84 bits per heavy atom. The topological polar surface area (TPSA) is 29.5 Å². The molecule has 0 spiro atoms. The molecule has 102 valence electrons. The first-order chi connectivity index (χ1) is 9.18. The summed E-state index contributed by atoms with van der Waals surface area (Å²) < 4.78 is 0. The lowest BCUT2D eigenvalue weighted by molar-refractivity contribution is -0.132. The SMILES string of the molecule is C=C(ON(C)C1CCCCC1)C(=O)c1ccccc1. The summed E-state index contributed by atoms with van der Waals surface area (Å²) in [6.07, 6.45) is 6.02. The Morgan fingerprint density at radius 1 is 1.21 bits per heavy atom. The summed E-state index contributed by atoms with van der Waals surface area (Å²) in [7, 11) is 1.89. The second kappa shape index (κ2) is 6.53. The van der Waals surface area contributed by atoms with Crippen molar-refractivity contribution < 1.29 is 9.63 Å². The van der Waals surface area contributed by atoms with Crippen molar-refractivity contribution in [3.05, 3.63) is 48.2 Å². The third-order valence-electron chi connectivity index (χ3n) is 3.63. The lowest BCUT2D eigenvalue weighted by Crippen LogP contribution is -2.34. The molecule has 0 atom stereocenters. The van der Waals surface area contributed by atoms with Gasteiger partial charge in [0.2, 0.25) is 5.78 Å². The number of ketones is 1. The summed E-state index contributed by atoms with van der Waals surface area (Å²) in [6.45, 7) is 3.75. The number of Topliss-reactive ketones (excluding diaryl/α,β-unsaturated/α-hetero) is 1. The summed E-state index contributed by atoms with van der Waals surface area (Å²) in [5, 5.41) is 1.79. The van der Waals surface area contributed by atoms with Crippen molar-refractivity contribution in [2.45, 2.75) is 38.1 Å². The van der Waals surface area contributed by atoms with Crippen molar-refractivity contribution in [3.8, 4) is 0 Å². The van der Waals surface area contributed by atoms with Crippen LogP contribution in [-0.4, -0.2) is 23.9 Å². The smallest absolute Gasteiger partial charge is 0.229 e. The molecule has 1 aromatic rings. The molecule has 1 fully saturated rings. The number of nitrogens with zero attached hydrogens (tertiary/aromatic N) is 1. The van der Waals surface area contributed by atoms with E-state index >= 15 is 0 Å². The van der Waals surface area contributed by atoms with Crippen molar-refractivity contribution in [2.24, 2.45) is 0 Å². The third kappa shape index (κ3) is 3.67. The Balaban J connectivity index is 1.91. The van der Waals surface area contributed by atoms with Crippen LogP contribution in [0.3, 0.4) is 0 Å². The quantitative estimate of drug-likeness (QED) is 0.350. The molecule has 0 N–H and O–H groups in total. The highest BCUT2D eigenvalue weighted by atomic mass is 16.7. The molecule has 0 aromatic heterocycles. The molecule has 0 heterocycles. The molecule has 0 bridgehead atoms. The lowest BCUT2D eigenvalue weighted by atomic mass is 9.95. The van der Waals surface area contributed by atoms with Gasteiger partial charge in [0.15, 0.2) is 5.76 Å². The standard InChI is InChI=1S/C16H21NO2/c1-13(16(18)14-9-5-3-6-10-14)19-17(2)15-11-7-4-8-12-15/h3,5-6,9-10,15H,1,4,7-8,11-12H2,2H3. The van der Waals surface area contributed by atoms with Crippen LogP contribution in [0.2, 0.25) is 0 Å². The number of allylic oxidation sites excluding steroid dienone is 1. The number of hydroxylamine groups is 2. The van der Waals surface area contributed by atoms with Crippen LogP contribution in [-0.2, 0) is 4.84 Å². The largest absolute Gasteiger partial charge is 0.402 e. The minimum Gasteiger partial charge on any atom is -0.402 e. The van der Waals surface area contributed by atoms with E-state index in [9.17, 15) is 4.79 Å². The van der Waals surface area contributed by atoms with E-state index in [1.54, 1.807) is 17.2 Å². The van der Waals surface area contributed by atoms with Crippen LogP contribution in [0.1, 0.15) is 42.5 Å². The maximum Gasteiger partial charge on any atom is 0.229 e. The van der Waals surface area contributed by atoms with Crippen molar-refractivity contribution in [3.63, 3.8) is 0 Å². The predicted octanol–water partition coefficient (Wildman–Crippen LogP) is 3.58. The fourth-order valence-corrected chi connectivity index (χ4v) is 2.48. The van der Waals surface area contributed by atoms with Crippen LogP contribution < -0.4 is 0 Å². The molecule has 1 aliphatic carbocycles. The summed E-state index contributed by atoms with van der Waals surface area (Å²) in [6, 6.07) is 9.51. The molecule has 1 aliphatic rings. The predicted molar refractivity (Wildman–Crippen MR) is 75.6 cm³/mol. The molecule has 0 unspecified atom stereocenters. The van der Waals surface area contributed by atoms with E-state index in [0.29, 0.717) is 11.6 Å². The van der Waals surface area contributed by atoms with Crippen LogP contribution in [0.5, 0.6) is 0 Å². The summed E-state index contributed by atoms with van der Waals surface area (Å²) in [4.78, 5) is 17.7. The van der Waals surface area contributed by atoms with Gasteiger partial charge in [-0.05, 0) is 19.4 Å². The van der Waals surface area contributed by atoms with E-state index in [0.717, 1.165) is 12.8 Å². The molecule has 1 aromatic carbocycles. The second-order valence-electron chi connectivity index (χ2n) is 5.05. The fourth-order valence-electron chi connectivity index (χ4n) is 2.48. The molecule has 0 saturated heterocycles. The van der Waals surface area contributed by atoms with Gasteiger partial charge in [-0.15, -0.1) is 5.06 Å². The molecule has 2 rings (SSSR count). The lowest BCUT2D eigenvalue weighted by Gasteiger charge is -2.30. The van der Waals surface area contributed by atoms with Gasteiger partial charge in [0.25, 0.3) is 0 Å².